The van der Waals surface area contributed by atoms with Gasteiger partial charge in [-0.1, -0.05) is 0 Å². The monoisotopic (exact) mass is 337 g/mol. The SMILES string of the molecule is CN1CCOC(CNC(=O)C2CCN(C(=O)C(F)(F)F)CC2)C1. The minimum atomic E-state index is -4.85. The van der Waals surface area contributed by atoms with E-state index in [0.29, 0.717) is 13.2 Å². The van der Waals surface area contributed by atoms with Crippen LogP contribution in [0.2, 0.25) is 0 Å². The number of carbonyl (C=O) groups is 2. The highest BCUT2D eigenvalue weighted by molar-refractivity contribution is 5.83. The normalized spacial score (nSPS) is 24.5. The predicted octanol–water partition coefficient (Wildman–Crippen LogP) is 0.234. The maximum absolute atomic E-state index is 12.4. The molecule has 2 fully saturated rings. The third kappa shape index (κ3) is 5.07. The van der Waals surface area contributed by atoms with Gasteiger partial charge in [-0.15, -0.1) is 0 Å². The number of carbonyl (C=O) groups excluding carboxylic acids is 2. The zero-order chi connectivity index (χ0) is 17.0. The lowest BCUT2D eigenvalue weighted by molar-refractivity contribution is -0.186. The Balaban J connectivity index is 1.72. The fraction of sp³-hybridized carbons (Fsp3) is 0.857. The molecule has 132 valence electrons. The van der Waals surface area contributed by atoms with Gasteiger partial charge in [-0.2, -0.15) is 13.2 Å². The number of amides is 2. The quantitative estimate of drug-likeness (QED) is 0.801. The molecule has 2 heterocycles. The van der Waals surface area contributed by atoms with Gasteiger partial charge in [0.15, 0.2) is 0 Å². The van der Waals surface area contributed by atoms with Crippen molar-refractivity contribution in [2.24, 2.45) is 5.92 Å². The molecule has 0 radical (unpaired) electrons. The Kier molecular flexibility index (Phi) is 5.85. The maximum Gasteiger partial charge on any atom is 0.471 e. The van der Waals surface area contributed by atoms with Gasteiger partial charge in [0.2, 0.25) is 5.91 Å². The Morgan fingerprint density at radius 1 is 1.22 bits per heavy atom. The zero-order valence-electron chi connectivity index (χ0n) is 13.1. The lowest BCUT2D eigenvalue weighted by atomic mass is 9.95. The van der Waals surface area contributed by atoms with E-state index in [0.717, 1.165) is 18.0 Å². The summed E-state index contributed by atoms with van der Waals surface area (Å²) in [4.78, 5) is 26.1. The van der Waals surface area contributed by atoms with Gasteiger partial charge in [0.25, 0.3) is 0 Å². The summed E-state index contributed by atoms with van der Waals surface area (Å²) >= 11 is 0. The van der Waals surface area contributed by atoms with Crippen LogP contribution in [0, 0.1) is 5.92 Å². The van der Waals surface area contributed by atoms with Crippen LogP contribution in [0.15, 0.2) is 0 Å². The maximum atomic E-state index is 12.4. The van der Waals surface area contributed by atoms with E-state index >= 15 is 0 Å². The number of hydrogen-bond acceptors (Lipinski definition) is 4. The van der Waals surface area contributed by atoms with E-state index in [-0.39, 0.29) is 43.9 Å². The van der Waals surface area contributed by atoms with E-state index in [1.54, 1.807) is 0 Å². The molecule has 0 aliphatic carbocycles. The van der Waals surface area contributed by atoms with E-state index < -0.39 is 12.1 Å². The lowest BCUT2D eigenvalue weighted by Crippen LogP contribution is -2.49. The average molecular weight is 337 g/mol. The summed E-state index contributed by atoms with van der Waals surface area (Å²) in [6, 6.07) is 0. The number of ether oxygens (including phenoxy) is 1. The van der Waals surface area contributed by atoms with Crippen LogP contribution in [0.3, 0.4) is 0 Å². The molecule has 2 amide bonds. The molecule has 2 saturated heterocycles. The first kappa shape index (κ1) is 18.0. The van der Waals surface area contributed by atoms with Crippen LogP contribution in [0.4, 0.5) is 13.2 Å². The molecule has 9 heteroatoms. The van der Waals surface area contributed by atoms with Crippen molar-refractivity contribution in [3.8, 4) is 0 Å². The number of nitrogens with zero attached hydrogens (tertiary/aromatic N) is 2. The second kappa shape index (κ2) is 7.48. The molecular weight excluding hydrogens is 315 g/mol. The van der Waals surface area contributed by atoms with Crippen LogP contribution in [0.1, 0.15) is 12.8 Å². The molecule has 0 bridgehead atoms. The minimum absolute atomic E-state index is 0.0426. The molecule has 0 saturated carbocycles. The Hall–Kier alpha value is -1.35. The van der Waals surface area contributed by atoms with Crippen LogP contribution < -0.4 is 5.32 Å². The number of nitrogens with one attached hydrogen (secondary N) is 1. The van der Waals surface area contributed by atoms with Crippen molar-refractivity contribution >= 4 is 11.8 Å². The second-order valence-electron chi connectivity index (χ2n) is 6.06. The average Bonchev–Trinajstić information content (AvgIpc) is 2.51. The van der Waals surface area contributed by atoms with Crippen molar-refractivity contribution in [3.05, 3.63) is 0 Å². The van der Waals surface area contributed by atoms with Gasteiger partial charge in [0.1, 0.15) is 0 Å². The molecule has 2 aliphatic heterocycles. The highest BCUT2D eigenvalue weighted by atomic mass is 19.4. The largest absolute Gasteiger partial charge is 0.471 e. The molecular formula is C14H22F3N3O3. The molecule has 0 aromatic heterocycles. The van der Waals surface area contributed by atoms with Gasteiger partial charge >= 0.3 is 12.1 Å². The van der Waals surface area contributed by atoms with Gasteiger partial charge < -0.3 is 19.9 Å². The van der Waals surface area contributed by atoms with Gasteiger partial charge in [-0.3, -0.25) is 9.59 Å². The fourth-order valence-corrected chi connectivity index (χ4v) is 2.87. The number of alkyl halides is 3. The van der Waals surface area contributed by atoms with E-state index in [1.165, 1.54) is 0 Å². The number of piperidine rings is 1. The summed E-state index contributed by atoms with van der Waals surface area (Å²) in [5, 5.41) is 2.80. The van der Waals surface area contributed by atoms with Gasteiger partial charge in [-0.25, -0.2) is 0 Å². The number of morpholine rings is 1. The molecule has 1 atom stereocenters. The Bertz CT molecular complexity index is 437. The first-order valence-electron chi connectivity index (χ1n) is 7.71. The zero-order valence-corrected chi connectivity index (χ0v) is 13.1. The van der Waals surface area contributed by atoms with Crippen LogP contribution in [0.25, 0.3) is 0 Å². The standard InChI is InChI=1S/C14H22F3N3O3/c1-19-6-7-23-11(9-19)8-18-12(21)10-2-4-20(5-3-10)13(22)14(15,16)17/h10-11H,2-9H2,1H3,(H,18,21). The molecule has 0 aromatic carbocycles. The molecule has 2 rings (SSSR count). The van der Waals surface area contributed by atoms with E-state index in [4.69, 9.17) is 4.74 Å². The minimum Gasteiger partial charge on any atom is -0.374 e. The van der Waals surface area contributed by atoms with Crippen molar-refractivity contribution in [3.63, 3.8) is 0 Å². The summed E-state index contributed by atoms with van der Waals surface area (Å²) in [5.74, 6) is -2.36. The molecule has 0 spiro atoms. The molecule has 6 nitrogen and oxygen atoms in total. The summed E-state index contributed by atoms with van der Waals surface area (Å²) in [6.45, 7) is 2.52. The number of rotatable bonds is 3. The Labute approximate surface area is 132 Å². The third-order valence-corrected chi connectivity index (χ3v) is 4.24. The van der Waals surface area contributed by atoms with E-state index in [2.05, 4.69) is 10.2 Å². The third-order valence-electron chi connectivity index (χ3n) is 4.24. The number of likely N-dealkylation sites (tertiary alicyclic amines) is 1. The molecule has 1 unspecified atom stereocenters. The van der Waals surface area contributed by atoms with Crippen molar-refractivity contribution in [2.45, 2.75) is 25.1 Å². The van der Waals surface area contributed by atoms with Crippen molar-refractivity contribution in [2.75, 3.05) is 46.4 Å². The highest BCUT2D eigenvalue weighted by Crippen LogP contribution is 2.24. The number of halogens is 3. The van der Waals surface area contributed by atoms with Gasteiger partial charge in [0.05, 0.1) is 12.7 Å². The second-order valence-corrected chi connectivity index (χ2v) is 6.06. The number of hydrogen-bond donors (Lipinski definition) is 1. The molecule has 23 heavy (non-hydrogen) atoms. The summed E-state index contributed by atoms with van der Waals surface area (Å²) in [5.41, 5.74) is 0. The highest BCUT2D eigenvalue weighted by Gasteiger charge is 2.43. The van der Waals surface area contributed by atoms with Crippen molar-refractivity contribution < 1.29 is 27.5 Å². The first-order chi connectivity index (χ1) is 10.8. The summed E-state index contributed by atoms with van der Waals surface area (Å²) in [7, 11) is 1.98. The van der Waals surface area contributed by atoms with Crippen LogP contribution >= 0.6 is 0 Å². The van der Waals surface area contributed by atoms with Crippen LogP contribution in [0.5, 0.6) is 0 Å². The van der Waals surface area contributed by atoms with E-state index in [1.807, 2.05) is 7.05 Å². The van der Waals surface area contributed by atoms with Crippen molar-refractivity contribution in [1.29, 1.82) is 0 Å². The molecule has 0 aromatic rings. The smallest absolute Gasteiger partial charge is 0.374 e. The molecule has 2 aliphatic rings. The number of likely N-dealkylation sites (N-methyl/N-ethyl adjacent to an activating group) is 1. The Morgan fingerprint density at radius 2 is 1.87 bits per heavy atom. The first-order valence-corrected chi connectivity index (χ1v) is 7.71. The molecule has 1 N–H and O–H groups in total. The van der Waals surface area contributed by atoms with Crippen molar-refractivity contribution in [1.82, 2.24) is 15.1 Å². The Morgan fingerprint density at radius 3 is 2.43 bits per heavy atom. The fourth-order valence-electron chi connectivity index (χ4n) is 2.87. The van der Waals surface area contributed by atoms with E-state index in [9.17, 15) is 22.8 Å². The van der Waals surface area contributed by atoms with Gasteiger partial charge in [0, 0.05) is 38.6 Å². The van der Waals surface area contributed by atoms with Gasteiger partial charge in [-0.05, 0) is 19.9 Å². The lowest BCUT2D eigenvalue weighted by Gasteiger charge is -2.33. The topological polar surface area (TPSA) is 61.9 Å². The van der Waals surface area contributed by atoms with Crippen LogP contribution in [-0.2, 0) is 14.3 Å². The summed E-state index contributed by atoms with van der Waals surface area (Å²) in [6.07, 6.45) is -4.41. The van der Waals surface area contributed by atoms with Crippen LogP contribution in [-0.4, -0.2) is 80.3 Å². The predicted molar refractivity (Wildman–Crippen MR) is 75.6 cm³/mol. The summed E-state index contributed by atoms with van der Waals surface area (Å²) < 4.78 is 42.6.